The van der Waals surface area contributed by atoms with E-state index in [9.17, 15) is 13.2 Å². The molecule has 2 aromatic carbocycles. The standard InChI is InChI=1S/C23H29N5O4S/c1-16-7-6-8-17(2)22(16)24-23(29)21-9-4-5-12-28(21)33(30,31)18-10-11-20-19(15-18)25-26-27(20)13-14-32-3/h6-8,10-11,15,21H,4-5,9,12-14H2,1-3H3,(H,24,29)/t21-/m1/s1. The van der Waals surface area contributed by atoms with Gasteiger partial charge >= 0.3 is 0 Å². The van der Waals surface area contributed by atoms with Crippen LogP contribution in [0.5, 0.6) is 0 Å². The minimum Gasteiger partial charge on any atom is -0.383 e. The molecule has 0 radical (unpaired) electrons. The van der Waals surface area contributed by atoms with Crippen LogP contribution < -0.4 is 5.32 Å². The molecule has 1 atom stereocenters. The lowest BCUT2D eigenvalue weighted by atomic mass is 10.0. The minimum absolute atomic E-state index is 0.112. The van der Waals surface area contributed by atoms with Gasteiger partial charge in [-0.1, -0.05) is 29.8 Å². The molecule has 1 amide bonds. The number of fused-ring (bicyclic) bond motifs is 1. The molecule has 4 rings (SSSR count). The molecule has 33 heavy (non-hydrogen) atoms. The van der Waals surface area contributed by atoms with E-state index in [-0.39, 0.29) is 10.8 Å². The van der Waals surface area contributed by atoms with Crippen molar-refractivity contribution in [3.05, 3.63) is 47.5 Å². The molecule has 1 saturated heterocycles. The summed E-state index contributed by atoms with van der Waals surface area (Å²) in [6.07, 6.45) is 1.98. The highest BCUT2D eigenvalue weighted by atomic mass is 32.2. The largest absolute Gasteiger partial charge is 0.383 e. The maximum Gasteiger partial charge on any atom is 0.243 e. The SMILES string of the molecule is COCCn1nnc2cc(S(=O)(=O)N3CCCC[C@@H]3C(=O)Nc3c(C)cccc3C)ccc21. The average Bonchev–Trinajstić information content (AvgIpc) is 3.22. The van der Waals surface area contributed by atoms with E-state index in [1.807, 2.05) is 32.0 Å². The molecule has 2 heterocycles. The van der Waals surface area contributed by atoms with Gasteiger partial charge in [0.2, 0.25) is 15.9 Å². The summed E-state index contributed by atoms with van der Waals surface area (Å²) < 4.78 is 35.3. The smallest absolute Gasteiger partial charge is 0.243 e. The van der Waals surface area contributed by atoms with Crippen molar-refractivity contribution in [2.24, 2.45) is 0 Å². The Morgan fingerprint density at radius 3 is 2.67 bits per heavy atom. The fourth-order valence-corrected chi connectivity index (χ4v) is 5.94. The van der Waals surface area contributed by atoms with Gasteiger partial charge in [0.05, 0.1) is 23.6 Å². The van der Waals surface area contributed by atoms with Gasteiger partial charge in [-0.05, 0) is 56.0 Å². The Balaban J connectivity index is 1.62. The number of rotatable bonds is 7. The number of carbonyl (C=O) groups is 1. The van der Waals surface area contributed by atoms with Crippen molar-refractivity contribution < 1.29 is 17.9 Å². The summed E-state index contributed by atoms with van der Waals surface area (Å²) in [6, 6.07) is 9.79. The van der Waals surface area contributed by atoms with Gasteiger partial charge in [-0.15, -0.1) is 5.10 Å². The van der Waals surface area contributed by atoms with Crippen LogP contribution >= 0.6 is 0 Å². The van der Waals surface area contributed by atoms with Crippen LogP contribution in [0.3, 0.4) is 0 Å². The van der Waals surface area contributed by atoms with Crippen LogP contribution in [0.2, 0.25) is 0 Å². The zero-order valence-electron chi connectivity index (χ0n) is 19.1. The third kappa shape index (κ3) is 4.64. The second-order valence-corrected chi connectivity index (χ2v) is 10.2. The molecule has 3 aromatic rings. The number of hydrogen-bond donors (Lipinski definition) is 1. The summed E-state index contributed by atoms with van der Waals surface area (Å²) >= 11 is 0. The fourth-order valence-electron chi connectivity index (χ4n) is 4.26. The topological polar surface area (TPSA) is 106 Å². The van der Waals surface area contributed by atoms with Crippen molar-refractivity contribution in [2.75, 3.05) is 25.6 Å². The van der Waals surface area contributed by atoms with Crippen LogP contribution in [0.1, 0.15) is 30.4 Å². The first kappa shape index (κ1) is 23.3. The van der Waals surface area contributed by atoms with E-state index in [2.05, 4.69) is 15.6 Å². The number of piperidine rings is 1. The van der Waals surface area contributed by atoms with Gasteiger partial charge in [-0.3, -0.25) is 4.79 Å². The summed E-state index contributed by atoms with van der Waals surface area (Å²) in [7, 11) is -2.29. The zero-order chi connectivity index (χ0) is 23.6. The lowest BCUT2D eigenvalue weighted by Gasteiger charge is -2.33. The number of sulfonamides is 1. The number of anilines is 1. The number of nitrogens with zero attached hydrogens (tertiary/aromatic N) is 4. The Bertz CT molecular complexity index is 1250. The van der Waals surface area contributed by atoms with Crippen molar-refractivity contribution in [3.63, 3.8) is 0 Å². The summed E-state index contributed by atoms with van der Waals surface area (Å²) in [6.45, 7) is 5.14. The highest BCUT2D eigenvalue weighted by Gasteiger charge is 2.38. The maximum atomic E-state index is 13.6. The molecule has 1 aromatic heterocycles. The number of methoxy groups -OCH3 is 1. The number of amides is 1. The number of carbonyl (C=O) groups excluding carboxylic acids is 1. The van der Waals surface area contributed by atoms with Crippen molar-refractivity contribution in [3.8, 4) is 0 Å². The lowest BCUT2D eigenvalue weighted by Crippen LogP contribution is -2.49. The molecule has 9 nitrogen and oxygen atoms in total. The van der Waals surface area contributed by atoms with Crippen LogP contribution in [-0.4, -0.2) is 59.9 Å². The third-order valence-corrected chi connectivity index (χ3v) is 7.99. The van der Waals surface area contributed by atoms with E-state index in [4.69, 9.17) is 4.74 Å². The summed E-state index contributed by atoms with van der Waals surface area (Å²) in [5.41, 5.74) is 3.83. The van der Waals surface area contributed by atoms with Crippen LogP contribution in [0.4, 0.5) is 5.69 Å². The van der Waals surface area contributed by atoms with Crippen LogP contribution in [0.15, 0.2) is 41.3 Å². The molecule has 0 spiro atoms. The first-order valence-electron chi connectivity index (χ1n) is 11.0. The number of para-hydroxylation sites is 1. The Hall–Kier alpha value is -2.82. The summed E-state index contributed by atoms with van der Waals surface area (Å²) in [5.74, 6) is -0.303. The monoisotopic (exact) mass is 471 g/mol. The first-order valence-corrected chi connectivity index (χ1v) is 12.5. The zero-order valence-corrected chi connectivity index (χ0v) is 19.9. The third-order valence-electron chi connectivity index (χ3n) is 6.08. The predicted molar refractivity (Wildman–Crippen MR) is 125 cm³/mol. The molecular formula is C23H29N5O4S. The van der Waals surface area contributed by atoms with Crippen LogP contribution in [0, 0.1) is 13.8 Å². The van der Waals surface area contributed by atoms with E-state index < -0.39 is 16.1 Å². The number of benzene rings is 2. The van der Waals surface area contributed by atoms with E-state index in [1.165, 1.54) is 10.4 Å². The second-order valence-electron chi connectivity index (χ2n) is 8.34. The number of ether oxygens (including phenoxy) is 1. The molecule has 1 N–H and O–H groups in total. The number of aryl methyl sites for hydroxylation is 2. The normalized spacial score (nSPS) is 17.4. The average molecular weight is 472 g/mol. The Morgan fingerprint density at radius 1 is 1.18 bits per heavy atom. The van der Waals surface area contributed by atoms with E-state index >= 15 is 0 Å². The molecule has 1 fully saturated rings. The highest BCUT2D eigenvalue weighted by Crippen LogP contribution is 2.29. The number of hydrogen-bond acceptors (Lipinski definition) is 6. The van der Waals surface area contributed by atoms with Gasteiger partial charge in [0, 0.05) is 19.3 Å². The van der Waals surface area contributed by atoms with Crippen LogP contribution in [-0.2, 0) is 26.1 Å². The minimum atomic E-state index is -3.90. The quantitative estimate of drug-likeness (QED) is 0.568. The Morgan fingerprint density at radius 2 is 1.94 bits per heavy atom. The number of aromatic nitrogens is 3. The molecule has 0 bridgehead atoms. The van der Waals surface area contributed by atoms with Crippen molar-refractivity contribution >= 4 is 32.7 Å². The Labute approximate surface area is 193 Å². The van der Waals surface area contributed by atoms with Gasteiger partial charge in [-0.25, -0.2) is 13.1 Å². The Kier molecular flexibility index (Phi) is 6.78. The molecule has 1 aliphatic heterocycles. The fraction of sp³-hybridized carbons (Fsp3) is 0.435. The molecule has 0 aliphatic carbocycles. The molecule has 0 saturated carbocycles. The number of nitrogens with one attached hydrogen (secondary N) is 1. The van der Waals surface area contributed by atoms with Gasteiger partial charge in [-0.2, -0.15) is 4.31 Å². The molecular weight excluding hydrogens is 442 g/mol. The van der Waals surface area contributed by atoms with Crippen LogP contribution in [0.25, 0.3) is 11.0 Å². The van der Waals surface area contributed by atoms with Crippen molar-refractivity contribution in [1.29, 1.82) is 0 Å². The maximum absolute atomic E-state index is 13.6. The predicted octanol–water partition coefficient (Wildman–Crippen LogP) is 2.88. The molecule has 176 valence electrons. The first-order chi connectivity index (χ1) is 15.8. The molecule has 0 unspecified atom stereocenters. The van der Waals surface area contributed by atoms with E-state index in [0.717, 1.165) is 28.8 Å². The van der Waals surface area contributed by atoms with Crippen molar-refractivity contribution in [2.45, 2.75) is 50.6 Å². The van der Waals surface area contributed by atoms with E-state index in [0.29, 0.717) is 38.1 Å². The summed E-state index contributed by atoms with van der Waals surface area (Å²) in [4.78, 5) is 13.3. The van der Waals surface area contributed by atoms with Crippen molar-refractivity contribution in [1.82, 2.24) is 19.3 Å². The van der Waals surface area contributed by atoms with E-state index in [1.54, 1.807) is 23.9 Å². The molecule has 1 aliphatic rings. The van der Waals surface area contributed by atoms with Gasteiger partial charge in [0.15, 0.2) is 0 Å². The van der Waals surface area contributed by atoms with Gasteiger partial charge in [0.1, 0.15) is 11.6 Å². The second kappa shape index (κ2) is 9.58. The molecule has 10 heteroatoms. The lowest BCUT2D eigenvalue weighted by molar-refractivity contribution is -0.120. The highest BCUT2D eigenvalue weighted by molar-refractivity contribution is 7.89. The van der Waals surface area contributed by atoms with Gasteiger partial charge < -0.3 is 10.1 Å². The van der Waals surface area contributed by atoms with Gasteiger partial charge in [0.25, 0.3) is 0 Å². The summed E-state index contributed by atoms with van der Waals surface area (Å²) in [5, 5.41) is 11.2.